The molecule has 0 aliphatic carbocycles. The van der Waals surface area contributed by atoms with Gasteiger partial charge < -0.3 is 19.4 Å². The molecule has 1 heterocycles. The molecule has 1 aromatic carbocycles. The van der Waals surface area contributed by atoms with E-state index in [2.05, 4.69) is 5.32 Å². The second-order valence-corrected chi connectivity index (χ2v) is 6.91. The molecule has 6 heteroatoms. The van der Waals surface area contributed by atoms with Gasteiger partial charge in [-0.1, -0.05) is 12.1 Å². The zero-order valence-corrected chi connectivity index (χ0v) is 14.9. The zero-order chi connectivity index (χ0) is 17.3. The highest BCUT2D eigenvalue weighted by Crippen LogP contribution is 2.36. The lowest BCUT2D eigenvalue weighted by Gasteiger charge is -2.32. The summed E-state index contributed by atoms with van der Waals surface area (Å²) in [6.45, 7) is 11.0. The Balaban J connectivity index is 2.13. The van der Waals surface area contributed by atoms with E-state index < -0.39 is 7.12 Å². The number of ether oxygens (including phenoxy) is 1. The van der Waals surface area contributed by atoms with Gasteiger partial charge in [-0.3, -0.25) is 4.79 Å². The molecule has 0 atom stereocenters. The summed E-state index contributed by atoms with van der Waals surface area (Å²) < 4.78 is 17.0. The van der Waals surface area contributed by atoms with Crippen molar-refractivity contribution in [1.29, 1.82) is 0 Å². The lowest BCUT2D eigenvalue weighted by Crippen LogP contribution is -2.41. The molecule has 23 heavy (non-hydrogen) atoms. The summed E-state index contributed by atoms with van der Waals surface area (Å²) in [5, 5.41) is 2.83. The van der Waals surface area contributed by atoms with Crippen molar-refractivity contribution in [3.63, 3.8) is 0 Å². The molecule has 0 spiro atoms. The minimum Gasteiger partial charge on any atom is -0.399 e. The van der Waals surface area contributed by atoms with E-state index in [0.717, 1.165) is 11.0 Å². The number of rotatable bonds is 5. The SMILES string of the molecule is COCCNC(=O)c1ccc(B2OC(C)(C)C(C)(C)O2)cc1C. The predicted molar refractivity (Wildman–Crippen MR) is 91.1 cm³/mol. The molecule has 126 valence electrons. The van der Waals surface area contributed by atoms with Crippen LogP contribution in [0.3, 0.4) is 0 Å². The number of nitrogens with one attached hydrogen (secondary N) is 1. The van der Waals surface area contributed by atoms with Gasteiger partial charge in [0.15, 0.2) is 0 Å². The van der Waals surface area contributed by atoms with E-state index in [4.69, 9.17) is 14.0 Å². The molecule has 0 unspecified atom stereocenters. The first-order valence-electron chi connectivity index (χ1n) is 7.91. The van der Waals surface area contributed by atoms with Gasteiger partial charge in [-0.05, 0) is 51.7 Å². The summed E-state index contributed by atoms with van der Waals surface area (Å²) in [7, 11) is 1.20. The van der Waals surface area contributed by atoms with E-state index in [1.54, 1.807) is 7.11 Å². The molecule has 0 saturated carbocycles. The molecule has 0 bridgehead atoms. The van der Waals surface area contributed by atoms with Crippen LogP contribution >= 0.6 is 0 Å². The summed E-state index contributed by atoms with van der Waals surface area (Å²) in [6.07, 6.45) is 0. The Morgan fingerprint density at radius 3 is 2.35 bits per heavy atom. The highest BCUT2D eigenvalue weighted by atomic mass is 16.7. The maximum atomic E-state index is 12.1. The van der Waals surface area contributed by atoms with Crippen molar-refractivity contribution in [2.45, 2.75) is 45.8 Å². The van der Waals surface area contributed by atoms with Crippen molar-refractivity contribution < 1.29 is 18.8 Å². The molecule has 1 aliphatic rings. The van der Waals surface area contributed by atoms with Gasteiger partial charge in [-0.15, -0.1) is 0 Å². The first kappa shape index (κ1) is 18.0. The lowest BCUT2D eigenvalue weighted by molar-refractivity contribution is 0.00578. The first-order chi connectivity index (χ1) is 10.7. The molecule has 1 aromatic rings. The minimum absolute atomic E-state index is 0.0972. The molecule has 0 radical (unpaired) electrons. The zero-order valence-electron chi connectivity index (χ0n) is 14.9. The quantitative estimate of drug-likeness (QED) is 0.663. The van der Waals surface area contributed by atoms with Crippen LogP contribution in [0, 0.1) is 6.92 Å². The fourth-order valence-corrected chi connectivity index (χ4v) is 2.43. The Kier molecular flexibility index (Phi) is 5.18. The average molecular weight is 319 g/mol. The van der Waals surface area contributed by atoms with Gasteiger partial charge in [0.2, 0.25) is 0 Å². The summed E-state index contributed by atoms with van der Waals surface area (Å²) in [6, 6.07) is 5.66. The summed E-state index contributed by atoms with van der Waals surface area (Å²) in [5.74, 6) is -0.0972. The lowest BCUT2D eigenvalue weighted by atomic mass is 9.78. The van der Waals surface area contributed by atoms with Crippen LogP contribution in [0.2, 0.25) is 0 Å². The molecular formula is C17H26BNO4. The van der Waals surface area contributed by atoms with Crippen LogP contribution in [0.5, 0.6) is 0 Å². The Morgan fingerprint density at radius 2 is 1.83 bits per heavy atom. The van der Waals surface area contributed by atoms with E-state index in [9.17, 15) is 4.79 Å². The molecule has 2 rings (SSSR count). The largest absolute Gasteiger partial charge is 0.494 e. The minimum atomic E-state index is -0.413. The third kappa shape index (κ3) is 3.76. The Hall–Kier alpha value is -1.37. The topological polar surface area (TPSA) is 56.8 Å². The van der Waals surface area contributed by atoms with Gasteiger partial charge in [0.25, 0.3) is 5.91 Å². The van der Waals surface area contributed by atoms with Crippen LogP contribution in [-0.4, -0.2) is 44.5 Å². The van der Waals surface area contributed by atoms with Crippen molar-refractivity contribution in [1.82, 2.24) is 5.32 Å². The number of hydrogen-bond acceptors (Lipinski definition) is 4. The molecule has 1 aliphatic heterocycles. The number of hydrogen-bond donors (Lipinski definition) is 1. The Morgan fingerprint density at radius 1 is 1.22 bits per heavy atom. The van der Waals surface area contributed by atoms with Gasteiger partial charge in [0, 0.05) is 19.2 Å². The molecule has 1 fully saturated rings. The normalized spacial score (nSPS) is 19.0. The maximum absolute atomic E-state index is 12.1. The fraction of sp³-hybridized carbons (Fsp3) is 0.588. The van der Waals surface area contributed by atoms with E-state index in [-0.39, 0.29) is 17.1 Å². The number of aryl methyl sites for hydroxylation is 1. The van der Waals surface area contributed by atoms with Crippen molar-refractivity contribution in [3.05, 3.63) is 29.3 Å². The van der Waals surface area contributed by atoms with E-state index in [1.165, 1.54) is 0 Å². The molecule has 5 nitrogen and oxygen atoms in total. The van der Waals surface area contributed by atoms with Crippen molar-refractivity contribution in [2.24, 2.45) is 0 Å². The van der Waals surface area contributed by atoms with E-state index >= 15 is 0 Å². The van der Waals surface area contributed by atoms with Crippen molar-refractivity contribution in [2.75, 3.05) is 20.3 Å². The number of methoxy groups -OCH3 is 1. The van der Waals surface area contributed by atoms with Crippen LogP contribution in [0.15, 0.2) is 18.2 Å². The maximum Gasteiger partial charge on any atom is 0.494 e. The highest BCUT2D eigenvalue weighted by Gasteiger charge is 2.51. The average Bonchev–Trinajstić information content (AvgIpc) is 2.67. The predicted octanol–water partition coefficient (Wildman–Crippen LogP) is 1.67. The number of carbonyl (C=O) groups is 1. The molecule has 0 aromatic heterocycles. The smallest absolute Gasteiger partial charge is 0.399 e. The van der Waals surface area contributed by atoms with Gasteiger partial charge in [0.1, 0.15) is 0 Å². The highest BCUT2D eigenvalue weighted by molar-refractivity contribution is 6.62. The standard InChI is InChI=1S/C17H26BNO4/c1-12-11-13(18-22-16(2,3)17(4,5)23-18)7-8-14(12)15(20)19-9-10-21-6/h7-8,11H,9-10H2,1-6H3,(H,19,20). The van der Waals surface area contributed by atoms with Crippen LogP contribution in [0.4, 0.5) is 0 Å². The third-order valence-corrected chi connectivity index (χ3v) is 4.61. The number of amides is 1. The van der Waals surface area contributed by atoms with Crippen LogP contribution in [0.1, 0.15) is 43.6 Å². The van der Waals surface area contributed by atoms with Gasteiger partial charge in [-0.2, -0.15) is 0 Å². The van der Waals surface area contributed by atoms with Gasteiger partial charge in [0.05, 0.1) is 17.8 Å². The summed E-state index contributed by atoms with van der Waals surface area (Å²) >= 11 is 0. The molecule has 1 N–H and O–H groups in total. The van der Waals surface area contributed by atoms with Crippen LogP contribution in [-0.2, 0) is 14.0 Å². The number of carbonyl (C=O) groups excluding carboxylic acids is 1. The van der Waals surface area contributed by atoms with Crippen LogP contribution in [0.25, 0.3) is 0 Å². The monoisotopic (exact) mass is 319 g/mol. The van der Waals surface area contributed by atoms with Crippen molar-refractivity contribution in [3.8, 4) is 0 Å². The molecular weight excluding hydrogens is 293 g/mol. The summed E-state index contributed by atoms with van der Waals surface area (Å²) in [4.78, 5) is 12.1. The van der Waals surface area contributed by atoms with Gasteiger partial charge in [-0.25, -0.2) is 0 Å². The second-order valence-electron chi connectivity index (χ2n) is 6.91. The number of benzene rings is 1. The first-order valence-corrected chi connectivity index (χ1v) is 7.91. The Bertz CT molecular complexity index is 570. The molecule has 1 amide bonds. The van der Waals surface area contributed by atoms with Crippen LogP contribution < -0.4 is 10.8 Å². The van der Waals surface area contributed by atoms with Gasteiger partial charge >= 0.3 is 7.12 Å². The third-order valence-electron chi connectivity index (χ3n) is 4.61. The van der Waals surface area contributed by atoms with E-state index in [1.807, 2.05) is 52.8 Å². The second kappa shape index (κ2) is 6.63. The fourth-order valence-electron chi connectivity index (χ4n) is 2.43. The Labute approximate surface area is 138 Å². The summed E-state index contributed by atoms with van der Waals surface area (Å²) in [5.41, 5.74) is 1.73. The van der Waals surface area contributed by atoms with Crippen molar-refractivity contribution >= 4 is 18.5 Å². The van der Waals surface area contributed by atoms with E-state index in [0.29, 0.717) is 18.7 Å². The molecule has 1 saturated heterocycles.